The normalized spacial score (nSPS) is 10.3. The van der Waals surface area contributed by atoms with Crippen molar-refractivity contribution in [3.05, 3.63) is 18.2 Å². The zero-order chi connectivity index (χ0) is 14.5. The largest absolute Gasteiger partial charge is 0.493 e. The molecule has 0 amide bonds. The monoisotopic (exact) mass is 295 g/mol. The lowest BCUT2D eigenvalue weighted by atomic mass is 10.2. The zero-order valence-electron chi connectivity index (χ0n) is 10.9. The Morgan fingerprint density at radius 2 is 2.15 bits per heavy atom. The molecule has 0 atom stereocenters. The number of hydrogen-bond acceptors (Lipinski definition) is 6. The van der Waals surface area contributed by atoms with Gasteiger partial charge in [-0.3, -0.25) is 4.79 Å². The van der Waals surface area contributed by atoms with Gasteiger partial charge in [-0.05, 0) is 12.1 Å². The molecule has 0 fully saturated rings. The summed E-state index contributed by atoms with van der Waals surface area (Å²) in [4.78, 5) is 13.5. The fraction of sp³-hybridized carbons (Fsp3) is 0.250. The lowest BCUT2D eigenvalue weighted by Crippen LogP contribution is -1.97. The van der Waals surface area contributed by atoms with Crippen LogP contribution in [-0.2, 0) is 4.79 Å². The van der Waals surface area contributed by atoms with Crippen LogP contribution in [0.5, 0.6) is 11.5 Å². The number of benzene rings is 1. The molecule has 0 saturated heterocycles. The second-order valence-corrected chi connectivity index (χ2v) is 4.67. The molecule has 1 heterocycles. The minimum Gasteiger partial charge on any atom is -0.493 e. The van der Waals surface area contributed by atoms with E-state index >= 15 is 0 Å². The quantitative estimate of drug-likeness (QED) is 0.782. The first-order valence-corrected chi connectivity index (χ1v) is 6.63. The van der Waals surface area contributed by atoms with Gasteiger partial charge in [0.1, 0.15) is 0 Å². The number of aromatic nitrogens is 3. The van der Waals surface area contributed by atoms with E-state index in [1.807, 2.05) is 12.1 Å². The van der Waals surface area contributed by atoms with Gasteiger partial charge in [0.2, 0.25) is 0 Å². The molecule has 106 valence electrons. The molecule has 0 bridgehead atoms. The topological polar surface area (TPSA) is 97.3 Å². The van der Waals surface area contributed by atoms with Crippen LogP contribution in [-0.4, -0.2) is 46.2 Å². The molecule has 2 rings (SSSR count). The van der Waals surface area contributed by atoms with E-state index in [1.165, 1.54) is 7.11 Å². The van der Waals surface area contributed by atoms with Gasteiger partial charge >= 0.3 is 5.97 Å². The van der Waals surface area contributed by atoms with E-state index in [2.05, 4.69) is 15.2 Å². The zero-order valence-corrected chi connectivity index (χ0v) is 11.7. The second kappa shape index (κ2) is 6.29. The Morgan fingerprint density at radius 3 is 2.80 bits per heavy atom. The SMILES string of the molecule is COc1cccc(-c2nnc(SCC(=O)O)[nH]2)c1OC. The molecular formula is C12H13N3O4S. The van der Waals surface area contributed by atoms with Crippen LogP contribution >= 0.6 is 11.8 Å². The number of aliphatic carboxylic acids is 1. The highest BCUT2D eigenvalue weighted by Gasteiger charge is 2.15. The molecular weight excluding hydrogens is 282 g/mol. The van der Waals surface area contributed by atoms with Gasteiger partial charge in [-0.1, -0.05) is 17.8 Å². The maximum absolute atomic E-state index is 10.5. The number of hydrogen-bond donors (Lipinski definition) is 2. The number of H-pyrrole nitrogens is 1. The van der Waals surface area contributed by atoms with Crippen LogP contribution in [0.4, 0.5) is 0 Å². The van der Waals surface area contributed by atoms with E-state index in [0.29, 0.717) is 28.0 Å². The van der Waals surface area contributed by atoms with Crippen molar-refractivity contribution >= 4 is 17.7 Å². The molecule has 1 aromatic carbocycles. The minimum absolute atomic E-state index is 0.0795. The van der Waals surface area contributed by atoms with Gasteiger partial charge in [-0.15, -0.1) is 10.2 Å². The number of nitrogens with one attached hydrogen (secondary N) is 1. The molecule has 0 unspecified atom stereocenters. The van der Waals surface area contributed by atoms with Gasteiger partial charge < -0.3 is 19.6 Å². The maximum Gasteiger partial charge on any atom is 0.313 e. The van der Waals surface area contributed by atoms with E-state index in [-0.39, 0.29) is 5.75 Å². The molecule has 0 aliphatic rings. The third-order valence-electron chi connectivity index (χ3n) is 2.46. The summed E-state index contributed by atoms with van der Waals surface area (Å²) in [5.74, 6) is 0.631. The Morgan fingerprint density at radius 1 is 1.35 bits per heavy atom. The number of ether oxygens (including phenoxy) is 2. The first-order chi connectivity index (χ1) is 9.65. The summed E-state index contributed by atoms with van der Waals surface area (Å²) in [6, 6.07) is 5.40. The van der Waals surface area contributed by atoms with Crippen molar-refractivity contribution < 1.29 is 19.4 Å². The molecule has 0 radical (unpaired) electrons. The summed E-state index contributed by atoms with van der Waals surface area (Å²) in [5, 5.41) is 17.0. The molecule has 0 aliphatic carbocycles. The number of rotatable bonds is 6. The van der Waals surface area contributed by atoms with E-state index in [0.717, 1.165) is 11.8 Å². The van der Waals surface area contributed by atoms with E-state index in [9.17, 15) is 4.79 Å². The van der Waals surface area contributed by atoms with E-state index in [4.69, 9.17) is 14.6 Å². The molecule has 7 nitrogen and oxygen atoms in total. The standard InChI is InChI=1S/C12H13N3O4S/c1-18-8-5-3-4-7(10(8)19-2)11-13-12(15-14-11)20-6-9(16)17/h3-5H,6H2,1-2H3,(H,16,17)(H,13,14,15). The number of aromatic amines is 1. The fourth-order valence-corrected chi connectivity index (χ4v) is 2.16. The molecule has 2 aromatic rings. The Balaban J connectivity index is 2.30. The van der Waals surface area contributed by atoms with Crippen molar-refractivity contribution in [1.82, 2.24) is 15.2 Å². The lowest BCUT2D eigenvalue weighted by Gasteiger charge is -2.10. The van der Waals surface area contributed by atoms with Crippen molar-refractivity contribution in [2.24, 2.45) is 0 Å². The highest BCUT2D eigenvalue weighted by atomic mass is 32.2. The average molecular weight is 295 g/mol. The third kappa shape index (κ3) is 3.02. The number of carboxylic acids is 1. The Bertz CT molecular complexity index is 614. The van der Waals surface area contributed by atoms with E-state index in [1.54, 1.807) is 13.2 Å². The van der Waals surface area contributed by atoms with Crippen LogP contribution in [0.2, 0.25) is 0 Å². The predicted octanol–water partition coefficient (Wildman–Crippen LogP) is 1.67. The van der Waals surface area contributed by atoms with Crippen molar-refractivity contribution in [2.45, 2.75) is 5.16 Å². The summed E-state index contributed by atoms with van der Waals surface area (Å²) in [5.41, 5.74) is 0.696. The molecule has 2 N–H and O–H groups in total. The van der Waals surface area contributed by atoms with Crippen LogP contribution in [0.25, 0.3) is 11.4 Å². The Kier molecular flexibility index (Phi) is 4.46. The summed E-state index contributed by atoms with van der Waals surface area (Å²) in [6.07, 6.45) is 0. The summed E-state index contributed by atoms with van der Waals surface area (Å²) in [6.45, 7) is 0. The molecule has 0 spiro atoms. The lowest BCUT2D eigenvalue weighted by molar-refractivity contribution is -0.133. The summed E-state index contributed by atoms with van der Waals surface area (Å²) < 4.78 is 10.5. The number of para-hydroxylation sites is 1. The number of methoxy groups -OCH3 is 2. The number of carboxylic acid groups (broad SMARTS) is 1. The number of carbonyl (C=O) groups is 1. The van der Waals surface area contributed by atoms with Gasteiger partial charge in [0.25, 0.3) is 0 Å². The van der Waals surface area contributed by atoms with E-state index < -0.39 is 5.97 Å². The Labute approximate surface area is 119 Å². The van der Waals surface area contributed by atoms with Gasteiger partial charge in [-0.2, -0.15) is 0 Å². The molecule has 1 aromatic heterocycles. The van der Waals surface area contributed by atoms with Gasteiger partial charge in [0.05, 0.1) is 25.5 Å². The molecule has 0 saturated carbocycles. The first kappa shape index (κ1) is 14.2. The van der Waals surface area contributed by atoms with Crippen molar-refractivity contribution in [1.29, 1.82) is 0 Å². The maximum atomic E-state index is 10.5. The van der Waals surface area contributed by atoms with Crippen LogP contribution in [0.1, 0.15) is 0 Å². The average Bonchev–Trinajstić information content (AvgIpc) is 2.92. The van der Waals surface area contributed by atoms with Crippen LogP contribution in [0.3, 0.4) is 0 Å². The highest BCUT2D eigenvalue weighted by molar-refractivity contribution is 7.99. The highest BCUT2D eigenvalue weighted by Crippen LogP contribution is 2.36. The Hall–Kier alpha value is -2.22. The third-order valence-corrected chi connectivity index (χ3v) is 3.31. The second-order valence-electron chi connectivity index (χ2n) is 3.70. The van der Waals surface area contributed by atoms with Crippen molar-refractivity contribution in [2.75, 3.05) is 20.0 Å². The number of thioether (sulfide) groups is 1. The first-order valence-electron chi connectivity index (χ1n) is 5.64. The van der Waals surface area contributed by atoms with Crippen LogP contribution in [0.15, 0.2) is 23.4 Å². The fourth-order valence-electron chi connectivity index (χ4n) is 1.64. The predicted molar refractivity (Wildman–Crippen MR) is 73.3 cm³/mol. The summed E-state index contributed by atoms with van der Waals surface area (Å²) >= 11 is 1.07. The molecule has 8 heteroatoms. The van der Waals surface area contributed by atoms with Gasteiger partial charge in [0.15, 0.2) is 22.5 Å². The minimum atomic E-state index is -0.910. The summed E-state index contributed by atoms with van der Waals surface area (Å²) in [7, 11) is 3.09. The number of nitrogens with zero attached hydrogens (tertiary/aromatic N) is 2. The van der Waals surface area contributed by atoms with Crippen LogP contribution < -0.4 is 9.47 Å². The van der Waals surface area contributed by atoms with Crippen molar-refractivity contribution in [3.8, 4) is 22.9 Å². The van der Waals surface area contributed by atoms with Crippen molar-refractivity contribution in [3.63, 3.8) is 0 Å². The smallest absolute Gasteiger partial charge is 0.313 e. The van der Waals surface area contributed by atoms with Gasteiger partial charge in [0, 0.05) is 0 Å². The molecule has 0 aliphatic heterocycles. The molecule has 20 heavy (non-hydrogen) atoms. The van der Waals surface area contributed by atoms with Gasteiger partial charge in [-0.25, -0.2) is 0 Å². The van der Waals surface area contributed by atoms with Crippen LogP contribution in [0, 0.1) is 0 Å².